The Morgan fingerprint density at radius 1 is 0.215 bits per heavy atom. The largest absolute Gasteiger partial charge is 0.0776 e. The molecule has 7 aromatic rings. The number of hydrogen-bond acceptors (Lipinski definition) is 0. The van der Waals surface area contributed by atoms with E-state index < -0.39 is 0 Å². The molecule has 0 heteroatoms. The molecule has 6 unspecified atom stereocenters. The van der Waals surface area contributed by atoms with Crippen molar-refractivity contribution < 1.29 is 0 Å². The number of aryl methyl sites for hydroxylation is 4. The summed E-state index contributed by atoms with van der Waals surface area (Å²) in [6, 6.07) is 64.0. The number of benzene rings is 7. The highest BCUT2D eigenvalue weighted by Crippen LogP contribution is 2.67. The summed E-state index contributed by atoms with van der Waals surface area (Å²) in [5.74, 6) is 11.7. The fourth-order valence-electron chi connectivity index (χ4n) is 23.0. The third kappa shape index (κ3) is 57.4. The molecule has 0 aromatic heterocycles. The maximum atomic E-state index is 2.67. The summed E-state index contributed by atoms with van der Waals surface area (Å²) >= 11 is 0. The van der Waals surface area contributed by atoms with Crippen molar-refractivity contribution in [3.8, 4) is 0 Å². The van der Waals surface area contributed by atoms with Crippen LogP contribution in [0.15, 0.2) is 170 Å². The Bertz CT molecular complexity index is 3470. The molecule has 0 spiro atoms. The molecule has 9 aliphatic carbocycles. The molecule has 18 atom stereocenters. The quantitative estimate of drug-likeness (QED) is 0.156. The van der Waals surface area contributed by atoms with Crippen LogP contribution in [0.1, 0.15) is 665 Å². The monoisotopic (exact) mass is 2090 g/mol. The number of rotatable bonds is 6. The van der Waals surface area contributed by atoms with Crippen LogP contribution in [0, 0.1) is 78.4 Å². The van der Waals surface area contributed by atoms with E-state index in [1.54, 1.807) is 66.8 Å². The third-order valence-electron chi connectivity index (χ3n) is 28.6. The van der Waals surface area contributed by atoms with Gasteiger partial charge in [-0.25, -0.2) is 0 Å². The van der Waals surface area contributed by atoms with Crippen LogP contribution in [-0.4, -0.2) is 0 Å². The molecule has 0 aliphatic heterocycles. The summed E-state index contributed by atoms with van der Waals surface area (Å²) in [6.45, 7) is 141. The molecule has 7 aromatic carbocycles. The lowest BCUT2D eigenvalue weighted by molar-refractivity contribution is 0.0230. The van der Waals surface area contributed by atoms with Gasteiger partial charge in [0.2, 0.25) is 0 Å². The predicted octanol–water partition coefficient (Wildman–Crippen LogP) is 54.7. The van der Waals surface area contributed by atoms with E-state index >= 15 is 0 Å². The maximum absolute atomic E-state index is 2.67. The average Bonchev–Trinajstić information content (AvgIpc) is 1.58. The van der Waals surface area contributed by atoms with E-state index in [-0.39, 0.29) is 29.7 Å². The van der Waals surface area contributed by atoms with E-state index in [4.69, 9.17) is 0 Å². The van der Waals surface area contributed by atoms with Crippen LogP contribution in [0.5, 0.6) is 0 Å². The second kappa shape index (κ2) is 131. The zero-order chi connectivity index (χ0) is 118. The number of fused-ring (bicyclic) bond motifs is 12. The molecule has 0 N–H and O–H groups in total. The van der Waals surface area contributed by atoms with E-state index in [0.29, 0.717) is 21.7 Å². The van der Waals surface area contributed by atoms with Crippen molar-refractivity contribution in [1.82, 2.24) is 0 Å². The van der Waals surface area contributed by atoms with Gasteiger partial charge in [-0.1, -0.05) is 669 Å². The van der Waals surface area contributed by atoms with E-state index in [1.807, 2.05) is 388 Å². The Balaban J connectivity index is -0.0000000708. The third-order valence-corrected chi connectivity index (χ3v) is 28.6. The van der Waals surface area contributed by atoms with Gasteiger partial charge in [0.25, 0.3) is 0 Å². The van der Waals surface area contributed by atoms with Crippen LogP contribution in [0.2, 0.25) is 0 Å². The van der Waals surface area contributed by atoms with Gasteiger partial charge in [-0.05, 0) is 293 Å². The van der Waals surface area contributed by atoms with Gasteiger partial charge >= 0.3 is 0 Å². The van der Waals surface area contributed by atoms with Crippen molar-refractivity contribution in [2.24, 2.45) is 64.6 Å². The second-order valence-electron chi connectivity index (χ2n) is 32.2. The van der Waals surface area contributed by atoms with Crippen molar-refractivity contribution >= 4 is 0 Å². The van der Waals surface area contributed by atoms with Gasteiger partial charge in [-0.15, -0.1) is 0 Å². The average molecular weight is 2090 g/mol. The standard InChI is InChI=1S/C23H28.2C22H26.C22H32.28C2H6.4CH4/c1-4-17-9-5-7-11-21(17)19-13-16(2)23(3)20(15-19)14-18-10-6-8-12-22(18)23;2*1-15-8-4-6-10-20(15)18-12-16(2)22(3)19(14-18)13-17-9-5-7-11-21(17)22;1-4-16-8-5-6-10-20(16)18-12-15(2)22(3)19(14-18)13-17-9-7-11-21(17)22;28*1-2;;;;/h5-12,16,19-20H,4,13-15H2,1-3H3;2*4-11,16,18-19H,12-14H2,1-3H3;5-6,8,10,15,17-19,21H,4,7,9,11-14H2,1-3H3;28*1-2H3;4*1H4/t16-,19?,20+,23+;2*16-,18?,19+,22+;15-,17?,18?,19+,21?,22-;;;;;;;;;;;;;;;;;;;;;;;;;;;;;;;;/m0000................................/s1. The molecule has 0 bridgehead atoms. The molecule has 6 saturated carbocycles. The first-order valence-electron chi connectivity index (χ1n) is 64.5. The fraction of sp³-hybridized carbons (Fsp3) is 0.718. The van der Waals surface area contributed by atoms with Crippen LogP contribution in [0.4, 0.5) is 0 Å². The Kier molecular flexibility index (Phi) is 168. The molecule has 0 amide bonds. The first kappa shape index (κ1) is 191. The van der Waals surface area contributed by atoms with E-state index in [0.717, 1.165) is 89.3 Å². The molecule has 6 fully saturated rings. The summed E-state index contributed by atoms with van der Waals surface area (Å²) < 4.78 is 0. The smallest absolute Gasteiger partial charge is 0.00151 e. The molecule has 0 radical (unpaired) electrons. The van der Waals surface area contributed by atoms with Gasteiger partial charge < -0.3 is 0 Å². The molecule has 892 valence electrons. The fourth-order valence-corrected chi connectivity index (χ4v) is 23.0. The lowest BCUT2D eigenvalue weighted by atomic mass is 9.56. The highest BCUT2D eigenvalue weighted by atomic mass is 14.6. The zero-order valence-corrected chi connectivity index (χ0v) is 113. The lowest BCUT2D eigenvalue weighted by Gasteiger charge is -2.49. The van der Waals surface area contributed by atoms with Crippen LogP contribution in [0.25, 0.3) is 0 Å². The highest BCUT2D eigenvalue weighted by molar-refractivity contribution is 5.47. The Labute approximate surface area is 955 Å². The Hall–Kier alpha value is -5.46. The van der Waals surface area contributed by atoms with Gasteiger partial charge in [0, 0.05) is 0 Å². The van der Waals surface area contributed by atoms with Crippen molar-refractivity contribution in [3.05, 3.63) is 248 Å². The number of hydrogen-bond donors (Lipinski definition) is 0. The van der Waals surface area contributed by atoms with Crippen LogP contribution < -0.4 is 0 Å². The molecule has 149 heavy (non-hydrogen) atoms. The molecule has 9 aliphatic rings. The summed E-state index contributed by atoms with van der Waals surface area (Å²) in [4.78, 5) is 0. The van der Waals surface area contributed by atoms with E-state index in [9.17, 15) is 0 Å². The molecular weight excluding hydrogens is 1790 g/mol. The summed E-state index contributed by atoms with van der Waals surface area (Å²) in [5.41, 5.74) is 24.1. The van der Waals surface area contributed by atoms with Crippen molar-refractivity contribution in [3.63, 3.8) is 0 Å². The van der Waals surface area contributed by atoms with Gasteiger partial charge in [-0.2, -0.15) is 0 Å². The van der Waals surface area contributed by atoms with Gasteiger partial charge in [0.15, 0.2) is 0 Å². The SMILES string of the molecule is C.C.C.C.CC.CC.CC.CC.CC.CC.CC.CC.CC.CC.CC.CC.CC.CC.CC.CC.CC.CC.CC.CC.CC.CC.CC.CC.CC.CC.CC.CC.CCc1ccccc1C1C[C@H]2CC3CCCC3[C@@]2(C)[C@@H](C)C1.CCc1ccccc1C1C[C@H]2Cc3ccccc3[C@]2(C)[C@@H](C)C1.Cc1ccccc1C1C[C@H]2Cc3ccccc3[C@]2(C)[C@@H](C)C1.Cc1ccccc1C1C[C@H]2Cc3ccccc3[C@]2(C)[C@@H](C)C1. The first-order valence-corrected chi connectivity index (χ1v) is 64.5. The van der Waals surface area contributed by atoms with E-state index in [1.165, 1.54) is 114 Å². The maximum Gasteiger partial charge on any atom is -0.00151 e. The lowest BCUT2D eigenvalue weighted by Crippen LogP contribution is -2.41. The molecule has 0 nitrogen and oxygen atoms in total. The summed E-state index contributed by atoms with van der Waals surface area (Å²) in [5, 5.41) is 0. The highest BCUT2D eigenvalue weighted by Gasteiger charge is 2.59. The van der Waals surface area contributed by atoms with Gasteiger partial charge in [0.1, 0.15) is 0 Å². The van der Waals surface area contributed by atoms with Crippen molar-refractivity contribution in [2.45, 2.75) is 650 Å². The molecule has 0 heterocycles. The topological polar surface area (TPSA) is 0 Å². The van der Waals surface area contributed by atoms with Crippen LogP contribution in [-0.2, 0) is 48.3 Å². The minimum Gasteiger partial charge on any atom is -0.0776 e. The van der Waals surface area contributed by atoms with E-state index in [2.05, 4.69) is 253 Å². The molecule has 0 saturated heterocycles. The summed E-state index contributed by atoms with van der Waals surface area (Å²) in [7, 11) is 0. The second-order valence-corrected chi connectivity index (χ2v) is 32.2. The Morgan fingerprint density at radius 3 is 0.644 bits per heavy atom. The summed E-state index contributed by atoms with van der Waals surface area (Å²) in [6.07, 6.45) is 23.2. The first-order chi connectivity index (χ1) is 71.0. The van der Waals surface area contributed by atoms with Gasteiger partial charge in [0.05, 0.1) is 0 Å². The van der Waals surface area contributed by atoms with Crippen molar-refractivity contribution in [2.75, 3.05) is 0 Å². The Morgan fingerprint density at radius 2 is 0.409 bits per heavy atom. The van der Waals surface area contributed by atoms with Crippen LogP contribution in [0.3, 0.4) is 0 Å². The minimum absolute atomic E-state index is 0. The minimum atomic E-state index is 0. The predicted molar refractivity (Wildman–Crippen MR) is 723 cm³/mol. The zero-order valence-electron chi connectivity index (χ0n) is 113. The van der Waals surface area contributed by atoms with Crippen LogP contribution >= 0.6 is 0 Å². The normalized spacial score (nSPS) is 22.4. The van der Waals surface area contributed by atoms with Gasteiger partial charge in [-0.3, -0.25) is 0 Å². The van der Waals surface area contributed by atoms with Crippen molar-refractivity contribution in [1.29, 1.82) is 0 Å². The molecule has 16 rings (SSSR count). The molecular formula is C149H296.